The first kappa shape index (κ1) is 24.4. The van der Waals surface area contributed by atoms with Gasteiger partial charge in [-0.2, -0.15) is 0 Å². The molecule has 1 saturated heterocycles. The standard InChI is InChI=1S/C26H34N2O5/c1-16(2)13-27-25(29)21-15-28(26(30)18-9-7-17(3)8-10-18)14-20(21)19-11-22(31-4)24(33-6)23(12-19)32-5/h7-12,16,20-21H,13-15H2,1-6H3,(H,27,29)/t20-,21+/m1/s1. The molecule has 33 heavy (non-hydrogen) atoms. The van der Waals surface area contributed by atoms with Crippen molar-refractivity contribution >= 4 is 11.8 Å². The van der Waals surface area contributed by atoms with Crippen LogP contribution >= 0.6 is 0 Å². The normalized spacial score (nSPS) is 17.7. The van der Waals surface area contributed by atoms with Crippen LogP contribution in [0.15, 0.2) is 36.4 Å². The van der Waals surface area contributed by atoms with E-state index in [-0.39, 0.29) is 23.7 Å². The summed E-state index contributed by atoms with van der Waals surface area (Å²) in [5.41, 5.74) is 2.58. The van der Waals surface area contributed by atoms with Crippen molar-refractivity contribution in [3.63, 3.8) is 0 Å². The molecule has 0 aliphatic carbocycles. The van der Waals surface area contributed by atoms with Gasteiger partial charge in [0.1, 0.15) is 0 Å². The molecule has 2 amide bonds. The molecule has 0 unspecified atom stereocenters. The Kier molecular flexibility index (Phi) is 7.84. The van der Waals surface area contributed by atoms with Gasteiger partial charge in [-0.05, 0) is 42.7 Å². The third-order valence-electron chi connectivity index (χ3n) is 6.04. The maximum absolute atomic E-state index is 13.2. The number of methoxy groups -OCH3 is 3. The highest BCUT2D eigenvalue weighted by Crippen LogP contribution is 2.43. The Morgan fingerprint density at radius 3 is 2.12 bits per heavy atom. The highest BCUT2D eigenvalue weighted by atomic mass is 16.5. The molecule has 1 N–H and O–H groups in total. The van der Waals surface area contributed by atoms with Crippen molar-refractivity contribution in [2.75, 3.05) is 41.0 Å². The minimum absolute atomic E-state index is 0.0540. The predicted octanol–water partition coefficient (Wildman–Crippen LogP) is 3.65. The second-order valence-electron chi connectivity index (χ2n) is 8.89. The lowest BCUT2D eigenvalue weighted by Crippen LogP contribution is -2.37. The fourth-order valence-corrected chi connectivity index (χ4v) is 4.20. The van der Waals surface area contributed by atoms with E-state index in [1.54, 1.807) is 26.2 Å². The summed E-state index contributed by atoms with van der Waals surface area (Å²) in [7, 11) is 4.69. The number of carbonyl (C=O) groups is 2. The van der Waals surface area contributed by atoms with E-state index >= 15 is 0 Å². The monoisotopic (exact) mass is 454 g/mol. The van der Waals surface area contributed by atoms with Gasteiger partial charge in [-0.1, -0.05) is 31.5 Å². The summed E-state index contributed by atoms with van der Waals surface area (Å²) in [6, 6.07) is 11.2. The summed E-state index contributed by atoms with van der Waals surface area (Å²) in [5, 5.41) is 3.05. The van der Waals surface area contributed by atoms with Gasteiger partial charge in [0.25, 0.3) is 5.91 Å². The van der Waals surface area contributed by atoms with Crippen LogP contribution in [0.2, 0.25) is 0 Å². The molecule has 1 fully saturated rings. The quantitative estimate of drug-likeness (QED) is 0.659. The zero-order chi connectivity index (χ0) is 24.1. The summed E-state index contributed by atoms with van der Waals surface area (Å²) in [4.78, 5) is 28.2. The molecule has 0 aromatic heterocycles. The number of ether oxygens (including phenoxy) is 3. The molecule has 2 aromatic rings. The Morgan fingerprint density at radius 2 is 1.61 bits per heavy atom. The van der Waals surface area contributed by atoms with Gasteiger partial charge in [0.2, 0.25) is 11.7 Å². The molecule has 7 heteroatoms. The number of likely N-dealkylation sites (tertiary alicyclic amines) is 1. The van der Waals surface area contributed by atoms with E-state index in [0.717, 1.165) is 11.1 Å². The Bertz CT molecular complexity index is 962. The maximum Gasteiger partial charge on any atom is 0.253 e. The zero-order valence-electron chi connectivity index (χ0n) is 20.3. The molecule has 3 rings (SSSR count). The lowest BCUT2D eigenvalue weighted by molar-refractivity contribution is -0.125. The molecule has 2 atom stereocenters. The van der Waals surface area contributed by atoms with Crippen LogP contribution in [-0.4, -0.2) is 57.7 Å². The van der Waals surface area contributed by atoms with Crippen molar-refractivity contribution in [1.29, 1.82) is 0 Å². The molecule has 1 aliphatic rings. The molecule has 0 radical (unpaired) electrons. The van der Waals surface area contributed by atoms with Crippen LogP contribution < -0.4 is 19.5 Å². The molecule has 0 spiro atoms. The van der Waals surface area contributed by atoms with Crippen LogP contribution in [0, 0.1) is 18.8 Å². The van der Waals surface area contributed by atoms with E-state index in [1.165, 1.54) is 0 Å². The summed E-state index contributed by atoms with van der Waals surface area (Å²) in [6.45, 7) is 7.45. The predicted molar refractivity (Wildman–Crippen MR) is 127 cm³/mol. The Balaban J connectivity index is 1.96. The molecular formula is C26H34N2O5. The van der Waals surface area contributed by atoms with Crippen LogP contribution in [0.4, 0.5) is 0 Å². The number of amides is 2. The first-order valence-electron chi connectivity index (χ1n) is 11.2. The average molecular weight is 455 g/mol. The average Bonchev–Trinajstić information content (AvgIpc) is 3.27. The third-order valence-corrected chi connectivity index (χ3v) is 6.04. The lowest BCUT2D eigenvalue weighted by atomic mass is 9.87. The van der Waals surface area contributed by atoms with E-state index < -0.39 is 0 Å². The summed E-state index contributed by atoms with van der Waals surface area (Å²) >= 11 is 0. The van der Waals surface area contributed by atoms with Crippen molar-refractivity contribution in [1.82, 2.24) is 10.2 Å². The van der Waals surface area contributed by atoms with Gasteiger partial charge in [-0.15, -0.1) is 0 Å². The zero-order valence-corrected chi connectivity index (χ0v) is 20.3. The van der Waals surface area contributed by atoms with E-state index in [0.29, 0.717) is 48.4 Å². The molecule has 178 valence electrons. The fraction of sp³-hybridized carbons (Fsp3) is 0.462. The van der Waals surface area contributed by atoms with Crippen LogP contribution in [-0.2, 0) is 4.79 Å². The first-order valence-corrected chi connectivity index (χ1v) is 11.2. The fourth-order valence-electron chi connectivity index (χ4n) is 4.20. The van der Waals surface area contributed by atoms with E-state index in [2.05, 4.69) is 19.2 Å². The second-order valence-corrected chi connectivity index (χ2v) is 8.89. The van der Waals surface area contributed by atoms with Crippen molar-refractivity contribution < 1.29 is 23.8 Å². The Morgan fingerprint density at radius 1 is 1.00 bits per heavy atom. The van der Waals surface area contributed by atoms with Gasteiger partial charge in [0.05, 0.1) is 27.2 Å². The van der Waals surface area contributed by atoms with E-state index in [9.17, 15) is 9.59 Å². The van der Waals surface area contributed by atoms with Gasteiger partial charge in [-0.25, -0.2) is 0 Å². The molecule has 0 bridgehead atoms. The smallest absolute Gasteiger partial charge is 0.253 e. The third kappa shape index (κ3) is 5.41. The first-order chi connectivity index (χ1) is 15.8. The molecule has 1 aliphatic heterocycles. The molecular weight excluding hydrogens is 420 g/mol. The summed E-state index contributed by atoms with van der Waals surface area (Å²) in [6.07, 6.45) is 0. The van der Waals surface area contributed by atoms with Gasteiger partial charge in [0.15, 0.2) is 11.5 Å². The van der Waals surface area contributed by atoms with Gasteiger partial charge in [0, 0.05) is 31.1 Å². The van der Waals surface area contributed by atoms with Gasteiger partial charge < -0.3 is 24.4 Å². The largest absolute Gasteiger partial charge is 0.493 e. The molecule has 0 saturated carbocycles. The van der Waals surface area contributed by atoms with E-state index in [4.69, 9.17) is 14.2 Å². The SMILES string of the molecule is COc1cc([C@H]2CN(C(=O)c3ccc(C)cc3)C[C@@H]2C(=O)NCC(C)C)cc(OC)c1OC. The van der Waals surface area contributed by atoms with Crippen LogP contribution in [0.3, 0.4) is 0 Å². The van der Waals surface area contributed by atoms with Crippen LogP contribution in [0.25, 0.3) is 0 Å². The Labute approximate surface area is 196 Å². The number of benzene rings is 2. The van der Waals surface area contributed by atoms with Crippen molar-refractivity contribution in [3.8, 4) is 17.2 Å². The number of rotatable bonds is 8. The van der Waals surface area contributed by atoms with Crippen molar-refractivity contribution in [2.24, 2.45) is 11.8 Å². The maximum atomic E-state index is 13.2. The number of hydrogen-bond acceptors (Lipinski definition) is 5. The number of nitrogens with zero attached hydrogens (tertiary/aromatic N) is 1. The molecule has 1 heterocycles. The summed E-state index contributed by atoms with van der Waals surface area (Å²) < 4.78 is 16.5. The molecule has 2 aromatic carbocycles. The highest BCUT2D eigenvalue weighted by molar-refractivity contribution is 5.95. The van der Waals surface area contributed by atoms with Crippen molar-refractivity contribution in [2.45, 2.75) is 26.7 Å². The number of aryl methyl sites for hydroxylation is 1. The topological polar surface area (TPSA) is 77.1 Å². The number of carbonyl (C=O) groups excluding carboxylic acids is 2. The second kappa shape index (κ2) is 10.6. The minimum Gasteiger partial charge on any atom is -0.493 e. The van der Waals surface area contributed by atoms with Crippen LogP contribution in [0.5, 0.6) is 17.2 Å². The lowest BCUT2D eigenvalue weighted by Gasteiger charge is -2.21. The highest BCUT2D eigenvalue weighted by Gasteiger charge is 2.41. The van der Waals surface area contributed by atoms with Gasteiger partial charge >= 0.3 is 0 Å². The van der Waals surface area contributed by atoms with Crippen molar-refractivity contribution in [3.05, 3.63) is 53.1 Å². The number of nitrogens with one attached hydrogen (secondary N) is 1. The Hall–Kier alpha value is -3.22. The summed E-state index contributed by atoms with van der Waals surface area (Å²) in [5.74, 6) is 1.15. The van der Waals surface area contributed by atoms with Gasteiger partial charge in [-0.3, -0.25) is 9.59 Å². The van der Waals surface area contributed by atoms with Crippen LogP contribution in [0.1, 0.15) is 41.3 Å². The minimum atomic E-state index is -0.388. The number of hydrogen-bond donors (Lipinski definition) is 1. The van der Waals surface area contributed by atoms with E-state index in [1.807, 2.05) is 43.3 Å². The molecule has 7 nitrogen and oxygen atoms in total.